The molecule has 0 rings (SSSR count). The van der Waals surface area contributed by atoms with E-state index in [0.717, 1.165) is 6.26 Å². The summed E-state index contributed by atoms with van der Waals surface area (Å²) < 4.78 is 35.9. The number of amides is 1. The van der Waals surface area contributed by atoms with Gasteiger partial charge in [0.2, 0.25) is 0 Å². The van der Waals surface area contributed by atoms with E-state index in [2.05, 4.69) is 14.2 Å². The Morgan fingerprint density at radius 1 is 1.25 bits per heavy atom. The van der Waals surface area contributed by atoms with Crippen LogP contribution in [0.3, 0.4) is 0 Å². The number of ether oxygens (including phenoxy) is 2. The third-order valence-corrected chi connectivity index (χ3v) is 2.41. The molecule has 8 nitrogen and oxygen atoms in total. The van der Waals surface area contributed by atoms with Crippen molar-refractivity contribution in [1.29, 1.82) is 0 Å². The molecule has 20 heavy (non-hydrogen) atoms. The molecule has 0 saturated carbocycles. The highest BCUT2D eigenvalue weighted by atomic mass is 32.2. The molecule has 0 spiro atoms. The zero-order chi connectivity index (χ0) is 16.0. The van der Waals surface area contributed by atoms with E-state index in [9.17, 15) is 18.0 Å². The quantitative estimate of drug-likeness (QED) is 0.559. The van der Waals surface area contributed by atoms with E-state index in [1.165, 1.54) is 7.11 Å². The predicted octanol–water partition coefficient (Wildman–Crippen LogP) is 0.419. The molecule has 0 aliphatic rings. The summed E-state index contributed by atoms with van der Waals surface area (Å²) in [6.07, 6.45) is -0.135. The van der Waals surface area contributed by atoms with E-state index in [1.807, 2.05) is 0 Å². The highest BCUT2D eigenvalue weighted by molar-refractivity contribution is 7.85. The number of nitrogens with one attached hydrogen (secondary N) is 1. The average molecular weight is 311 g/mol. The number of esters is 1. The smallest absolute Gasteiger partial charge is 0.407 e. The first kappa shape index (κ1) is 18.7. The summed E-state index contributed by atoms with van der Waals surface area (Å²) in [6, 6.07) is -0.868. The molecule has 0 aliphatic carbocycles. The first-order valence-corrected chi connectivity index (χ1v) is 7.65. The molecule has 1 N–H and O–H groups in total. The molecule has 0 aromatic rings. The Kier molecular flexibility index (Phi) is 6.94. The number of carbonyl (C=O) groups excluding carboxylic acids is 2. The van der Waals surface area contributed by atoms with Crippen LogP contribution in [0.15, 0.2) is 0 Å². The van der Waals surface area contributed by atoms with Crippen LogP contribution in [0.25, 0.3) is 0 Å². The van der Waals surface area contributed by atoms with Crippen LogP contribution >= 0.6 is 0 Å². The van der Waals surface area contributed by atoms with Gasteiger partial charge in [-0.25, -0.2) is 4.79 Å². The normalized spacial score (nSPS) is 13.4. The Morgan fingerprint density at radius 2 is 1.80 bits per heavy atom. The van der Waals surface area contributed by atoms with Crippen molar-refractivity contribution in [3.8, 4) is 0 Å². The number of alkyl carbamates (subject to hydrolysis) is 1. The van der Waals surface area contributed by atoms with Crippen LogP contribution in [0.2, 0.25) is 0 Å². The van der Waals surface area contributed by atoms with Crippen molar-refractivity contribution >= 4 is 22.2 Å². The minimum Gasteiger partial charge on any atom is -0.469 e. The number of hydrogen-bond acceptors (Lipinski definition) is 7. The lowest BCUT2D eigenvalue weighted by atomic mass is 10.2. The lowest BCUT2D eigenvalue weighted by Crippen LogP contribution is -2.43. The standard InChI is InChI=1S/C11H21NO7S/c1-11(2,3)19-10(14)12-8(6-9(13)17-4)7-18-20(5,15)16/h8H,6-7H2,1-5H3,(H,12,14)/t8-/m0/s1. The predicted molar refractivity (Wildman–Crippen MR) is 70.6 cm³/mol. The van der Waals surface area contributed by atoms with Gasteiger partial charge in [0.25, 0.3) is 10.1 Å². The molecule has 0 heterocycles. The molecule has 0 bridgehead atoms. The summed E-state index contributed by atoms with van der Waals surface area (Å²) in [5.41, 5.74) is -0.711. The van der Waals surface area contributed by atoms with Gasteiger partial charge in [0.05, 0.1) is 32.4 Å². The third-order valence-electron chi connectivity index (χ3n) is 1.84. The van der Waals surface area contributed by atoms with Crippen LogP contribution in [-0.4, -0.2) is 52.1 Å². The first-order valence-electron chi connectivity index (χ1n) is 5.83. The fourth-order valence-corrected chi connectivity index (χ4v) is 1.53. The molecule has 0 aliphatic heterocycles. The number of hydrogen-bond donors (Lipinski definition) is 1. The van der Waals surface area contributed by atoms with Gasteiger partial charge >= 0.3 is 12.1 Å². The maximum atomic E-state index is 11.6. The molecular weight excluding hydrogens is 290 g/mol. The van der Waals surface area contributed by atoms with Gasteiger partial charge in [-0.1, -0.05) is 0 Å². The Morgan fingerprint density at radius 3 is 2.20 bits per heavy atom. The molecule has 9 heteroatoms. The molecule has 0 radical (unpaired) electrons. The SMILES string of the molecule is COC(=O)C[C@@H](COS(C)(=O)=O)NC(=O)OC(C)(C)C. The van der Waals surface area contributed by atoms with E-state index in [1.54, 1.807) is 20.8 Å². The highest BCUT2D eigenvalue weighted by Crippen LogP contribution is 2.08. The van der Waals surface area contributed by atoms with Gasteiger partial charge in [0, 0.05) is 0 Å². The number of methoxy groups -OCH3 is 1. The molecule has 1 amide bonds. The maximum Gasteiger partial charge on any atom is 0.407 e. The molecule has 0 saturated heterocycles. The fraction of sp³-hybridized carbons (Fsp3) is 0.818. The van der Waals surface area contributed by atoms with Crippen molar-refractivity contribution in [1.82, 2.24) is 5.32 Å². The van der Waals surface area contributed by atoms with E-state index in [4.69, 9.17) is 4.74 Å². The van der Waals surface area contributed by atoms with Crippen LogP contribution in [0, 0.1) is 0 Å². The van der Waals surface area contributed by atoms with E-state index < -0.39 is 33.8 Å². The van der Waals surface area contributed by atoms with Gasteiger partial charge in [-0.15, -0.1) is 0 Å². The van der Waals surface area contributed by atoms with Crippen molar-refractivity contribution in [2.24, 2.45) is 0 Å². The zero-order valence-electron chi connectivity index (χ0n) is 12.3. The minimum atomic E-state index is -3.68. The Bertz CT molecular complexity index is 438. The van der Waals surface area contributed by atoms with Crippen molar-refractivity contribution in [3.05, 3.63) is 0 Å². The molecule has 0 fully saturated rings. The zero-order valence-corrected chi connectivity index (χ0v) is 13.1. The Balaban J connectivity index is 4.60. The van der Waals surface area contributed by atoms with Crippen molar-refractivity contribution in [3.63, 3.8) is 0 Å². The number of carbonyl (C=O) groups is 2. The Labute approximate surface area is 118 Å². The van der Waals surface area contributed by atoms with Crippen molar-refractivity contribution < 1.29 is 31.7 Å². The van der Waals surface area contributed by atoms with Gasteiger partial charge in [-0.3, -0.25) is 8.98 Å². The summed E-state index contributed by atoms with van der Waals surface area (Å²) in [4.78, 5) is 22.8. The largest absolute Gasteiger partial charge is 0.469 e. The molecule has 0 unspecified atom stereocenters. The summed E-state index contributed by atoms with van der Waals surface area (Å²) in [5, 5.41) is 2.36. The monoisotopic (exact) mass is 311 g/mol. The molecule has 0 aromatic carbocycles. The fourth-order valence-electron chi connectivity index (χ4n) is 1.12. The van der Waals surface area contributed by atoms with Crippen LogP contribution in [0.4, 0.5) is 4.79 Å². The second-order valence-corrected chi connectivity index (χ2v) is 6.76. The minimum absolute atomic E-state index is 0.231. The van der Waals surface area contributed by atoms with Crippen molar-refractivity contribution in [2.75, 3.05) is 20.0 Å². The van der Waals surface area contributed by atoms with Gasteiger partial charge in [0.15, 0.2) is 0 Å². The summed E-state index contributed by atoms with van der Waals surface area (Å²) in [6.45, 7) is 4.64. The van der Waals surface area contributed by atoms with Gasteiger partial charge in [0.1, 0.15) is 5.60 Å². The topological polar surface area (TPSA) is 108 Å². The lowest BCUT2D eigenvalue weighted by Gasteiger charge is -2.22. The van der Waals surface area contributed by atoms with Crippen LogP contribution in [0.5, 0.6) is 0 Å². The summed E-state index contributed by atoms with van der Waals surface area (Å²) in [7, 11) is -2.49. The first-order chi connectivity index (χ1) is 8.93. The van der Waals surface area contributed by atoms with Gasteiger partial charge in [-0.05, 0) is 20.8 Å². The maximum absolute atomic E-state index is 11.6. The van der Waals surface area contributed by atoms with Gasteiger partial charge in [-0.2, -0.15) is 8.42 Å². The van der Waals surface area contributed by atoms with E-state index >= 15 is 0 Å². The summed E-state index contributed by atoms with van der Waals surface area (Å²) >= 11 is 0. The van der Waals surface area contributed by atoms with Crippen LogP contribution < -0.4 is 5.32 Å². The summed E-state index contributed by atoms with van der Waals surface area (Å²) in [5.74, 6) is -0.608. The highest BCUT2D eigenvalue weighted by Gasteiger charge is 2.23. The van der Waals surface area contributed by atoms with Crippen molar-refractivity contribution in [2.45, 2.75) is 38.8 Å². The molecular formula is C11H21NO7S. The van der Waals surface area contributed by atoms with Gasteiger partial charge < -0.3 is 14.8 Å². The van der Waals surface area contributed by atoms with E-state index in [-0.39, 0.29) is 13.0 Å². The van der Waals surface area contributed by atoms with E-state index in [0.29, 0.717) is 0 Å². The van der Waals surface area contributed by atoms with Crippen LogP contribution in [-0.2, 0) is 28.6 Å². The molecule has 118 valence electrons. The lowest BCUT2D eigenvalue weighted by molar-refractivity contribution is -0.141. The second-order valence-electron chi connectivity index (χ2n) is 5.11. The third kappa shape index (κ3) is 10.6. The van der Waals surface area contributed by atoms with Crippen LogP contribution in [0.1, 0.15) is 27.2 Å². The number of rotatable bonds is 6. The molecule has 1 atom stereocenters. The second kappa shape index (κ2) is 7.44. The average Bonchev–Trinajstić information content (AvgIpc) is 2.21. The molecule has 0 aromatic heterocycles. The Hall–Kier alpha value is -1.35.